The van der Waals surface area contributed by atoms with Gasteiger partial charge in [0.25, 0.3) is 8.32 Å². The predicted molar refractivity (Wildman–Crippen MR) is 133 cm³/mol. The first-order valence-corrected chi connectivity index (χ1v) is 15.9. The van der Waals surface area contributed by atoms with E-state index in [2.05, 4.69) is 40.8 Å². The molecule has 0 aliphatic rings. The highest BCUT2D eigenvalue weighted by Gasteiger charge is 2.48. The van der Waals surface area contributed by atoms with Crippen LogP contribution in [0.15, 0.2) is 60.7 Å². The largest absolute Gasteiger partial charge is 0.469 e. The molecule has 0 aliphatic carbocycles. The fraction of sp³-hybridized carbons (Fsp3) is 0.480. The van der Waals surface area contributed by atoms with Crippen LogP contribution in [0.4, 0.5) is 0 Å². The summed E-state index contributed by atoms with van der Waals surface area (Å²) in [5.41, 5.74) is -0.283. The SMILES string of the molecule is COC(=O)CC(C(C)CO[Si](C)(C)C(C)(C)C)[Si](O)(c1ccccc1)c1ccccc1. The van der Waals surface area contributed by atoms with E-state index in [1.807, 2.05) is 60.7 Å². The lowest BCUT2D eigenvalue weighted by Gasteiger charge is -2.41. The highest BCUT2D eigenvalue weighted by atomic mass is 28.4. The molecular formula is C25H38O4Si2. The number of esters is 1. The second kappa shape index (κ2) is 10.3. The fourth-order valence-electron chi connectivity index (χ4n) is 3.68. The highest BCUT2D eigenvalue weighted by Crippen LogP contribution is 2.39. The zero-order valence-electron chi connectivity index (χ0n) is 20.0. The monoisotopic (exact) mass is 458 g/mol. The number of ether oxygens (including phenoxy) is 1. The molecule has 0 aliphatic heterocycles. The van der Waals surface area contributed by atoms with Crippen LogP contribution in [0, 0.1) is 5.92 Å². The van der Waals surface area contributed by atoms with Crippen LogP contribution in [-0.2, 0) is 14.0 Å². The molecule has 0 amide bonds. The molecule has 2 atom stereocenters. The molecule has 0 radical (unpaired) electrons. The van der Waals surface area contributed by atoms with Gasteiger partial charge in [-0.3, -0.25) is 4.79 Å². The van der Waals surface area contributed by atoms with E-state index in [1.54, 1.807) is 0 Å². The summed E-state index contributed by atoms with van der Waals surface area (Å²) in [6.07, 6.45) is 0.158. The molecule has 0 saturated carbocycles. The van der Waals surface area contributed by atoms with Gasteiger partial charge in [-0.15, -0.1) is 0 Å². The minimum Gasteiger partial charge on any atom is -0.469 e. The van der Waals surface area contributed by atoms with Crippen molar-refractivity contribution in [2.24, 2.45) is 5.92 Å². The Bertz CT molecular complexity index is 792. The molecule has 1 N–H and O–H groups in total. The summed E-state index contributed by atoms with van der Waals surface area (Å²) >= 11 is 0. The van der Waals surface area contributed by atoms with Gasteiger partial charge in [0.1, 0.15) is 0 Å². The van der Waals surface area contributed by atoms with Crippen LogP contribution >= 0.6 is 0 Å². The van der Waals surface area contributed by atoms with E-state index in [4.69, 9.17) is 9.16 Å². The zero-order chi connectivity index (χ0) is 23.3. The van der Waals surface area contributed by atoms with Crippen LogP contribution in [0.5, 0.6) is 0 Å². The van der Waals surface area contributed by atoms with Crippen LogP contribution in [0.3, 0.4) is 0 Å². The van der Waals surface area contributed by atoms with Crippen molar-refractivity contribution in [3.8, 4) is 0 Å². The van der Waals surface area contributed by atoms with Gasteiger partial charge in [-0.25, -0.2) is 0 Å². The van der Waals surface area contributed by atoms with Crippen molar-refractivity contribution in [2.45, 2.75) is 57.8 Å². The van der Waals surface area contributed by atoms with Gasteiger partial charge < -0.3 is 14.0 Å². The molecule has 31 heavy (non-hydrogen) atoms. The van der Waals surface area contributed by atoms with Crippen LogP contribution in [0.25, 0.3) is 0 Å². The minimum absolute atomic E-state index is 0.0229. The average Bonchev–Trinajstić information content (AvgIpc) is 2.75. The summed E-state index contributed by atoms with van der Waals surface area (Å²) < 4.78 is 11.6. The van der Waals surface area contributed by atoms with Crippen molar-refractivity contribution < 1.29 is 18.8 Å². The van der Waals surface area contributed by atoms with Crippen LogP contribution in [-0.4, -0.2) is 41.1 Å². The summed E-state index contributed by atoms with van der Waals surface area (Å²) in [6.45, 7) is 13.7. The maximum atomic E-state index is 12.5. The molecule has 0 saturated heterocycles. The van der Waals surface area contributed by atoms with Crippen molar-refractivity contribution in [2.75, 3.05) is 13.7 Å². The first-order valence-electron chi connectivity index (χ1n) is 11.0. The van der Waals surface area contributed by atoms with E-state index in [9.17, 15) is 9.59 Å². The summed E-state index contributed by atoms with van der Waals surface area (Å²) in [7, 11) is -3.84. The maximum absolute atomic E-state index is 12.5. The van der Waals surface area contributed by atoms with Gasteiger partial charge in [-0.2, -0.15) is 0 Å². The first kappa shape index (κ1) is 25.5. The molecule has 0 aromatic heterocycles. The lowest BCUT2D eigenvalue weighted by Crippen LogP contribution is -2.64. The number of methoxy groups -OCH3 is 1. The maximum Gasteiger partial charge on any atom is 0.305 e. The number of rotatable bonds is 9. The molecule has 2 unspecified atom stereocenters. The second-order valence-corrected chi connectivity index (χ2v) is 18.2. The van der Waals surface area contributed by atoms with Gasteiger partial charge in [0, 0.05) is 18.6 Å². The lowest BCUT2D eigenvalue weighted by molar-refractivity contribution is -0.141. The quantitative estimate of drug-likeness (QED) is 0.449. The average molecular weight is 459 g/mol. The molecule has 6 heteroatoms. The third-order valence-electron chi connectivity index (χ3n) is 6.78. The summed E-state index contributed by atoms with van der Waals surface area (Å²) in [5.74, 6) is -0.327. The first-order chi connectivity index (χ1) is 14.4. The topological polar surface area (TPSA) is 55.8 Å². The van der Waals surface area contributed by atoms with Crippen LogP contribution < -0.4 is 10.4 Å². The smallest absolute Gasteiger partial charge is 0.305 e. The Morgan fingerprint density at radius 1 is 0.968 bits per heavy atom. The Hall–Kier alpha value is -1.74. The van der Waals surface area contributed by atoms with E-state index in [-0.39, 0.29) is 28.9 Å². The number of benzene rings is 2. The molecule has 4 nitrogen and oxygen atoms in total. The van der Waals surface area contributed by atoms with Gasteiger partial charge in [-0.05, 0) is 34.4 Å². The van der Waals surface area contributed by atoms with Gasteiger partial charge in [0.05, 0.1) is 7.11 Å². The summed E-state index contributed by atoms with van der Waals surface area (Å²) in [6, 6.07) is 19.6. The van der Waals surface area contributed by atoms with E-state index >= 15 is 0 Å². The molecular weight excluding hydrogens is 420 g/mol. The molecule has 2 aromatic rings. The van der Waals surface area contributed by atoms with E-state index < -0.39 is 16.6 Å². The van der Waals surface area contributed by atoms with Crippen molar-refractivity contribution >= 4 is 33.0 Å². The standard InChI is InChI=1S/C25H38O4Si2/c1-20(19-29-30(6,7)25(2,3)4)23(18-24(26)28-5)31(27,21-14-10-8-11-15-21)22-16-12-9-13-17-22/h8-17,20,23,27H,18-19H2,1-7H3. The van der Waals surface area contributed by atoms with Gasteiger partial charge in [0.2, 0.25) is 0 Å². The normalized spacial score (nSPS) is 14.7. The predicted octanol–water partition coefficient (Wildman–Crippen LogP) is 4.33. The summed E-state index contributed by atoms with van der Waals surface area (Å²) in [4.78, 5) is 24.9. The molecule has 170 valence electrons. The van der Waals surface area contributed by atoms with Crippen molar-refractivity contribution in [3.05, 3.63) is 60.7 Å². The van der Waals surface area contributed by atoms with Crippen LogP contribution in [0.2, 0.25) is 23.7 Å². The number of hydrogen-bond donors (Lipinski definition) is 1. The van der Waals surface area contributed by atoms with Crippen molar-refractivity contribution in [3.63, 3.8) is 0 Å². The van der Waals surface area contributed by atoms with E-state index in [0.29, 0.717) is 6.61 Å². The van der Waals surface area contributed by atoms with Crippen molar-refractivity contribution in [1.29, 1.82) is 0 Å². The second-order valence-electron chi connectivity index (χ2n) is 9.93. The van der Waals surface area contributed by atoms with Gasteiger partial charge in [0.15, 0.2) is 8.32 Å². The molecule has 0 bridgehead atoms. The number of carbonyl (C=O) groups is 1. The van der Waals surface area contributed by atoms with E-state index in [0.717, 1.165) is 10.4 Å². The van der Waals surface area contributed by atoms with Gasteiger partial charge in [-0.1, -0.05) is 88.4 Å². The lowest BCUT2D eigenvalue weighted by atomic mass is 10.1. The zero-order valence-corrected chi connectivity index (χ0v) is 22.0. The third kappa shape index (κ3) is 5.95. The molecule has 0 spiro atoms. The Morgan fingerprint density at radius 2 is 1.42 bits per heavy atom. The molecule has 0 fully saturated rings. The van der Waals surface area contributed by atoms with E-state index in [1.165, 1.54) is 7.11 Å². The molecule has 2 aromatic carbocycles. The Morgan fingerprint density at radius 3 is 1.81 bits per heavy atom. The number of carbonyl (C=O) groups excluding carboxylic acids is 1. The minimum atomic E-state index is -3.28. The fourth-order valence-corrected chi connectivity index (χ4v) is 8.76. The molecule has 2 rings (SSSR count). The summed E-state index contributed by atoms with van der Waals surface area (Å²) in [5, 5.41) is 1.89. The number of hydrogen-bond acceptors (Lipinski definition) is 4. The van der Waals surface area contributed by atoms with Crippen LogP contribution in [0.1, 0.15) is 34.1 Å². The van der Waals surface area contributed by atoms with Crippen molar-refractivity contribution in [1.82, 2.24) is 0 Å². The molecule has 0 heterocycles. The Labute approximate surface area is 189 Å². The highest BCUT2D eigenvalue weighted by molar-refractivity contribution is 6.97. The van der Waals surface area contributed by atoms with Gasteiger partial charge >= 0.3 is 5.97 Å². The third-order valence-corrected chi connectivity index (χ3v) is 15.6. The Kier molecular flexibility index (Phi) is 8.44. The Balaban J connectivity index is 2.50.